The van der Waals surface area contributed by atoms with Gasteiger partial charge in [-0.2, -0.15) is 0 Å². The van der Waals surface area contributed by atoms with E-state index in [0.29, 0.717) is 5.41 Å². The van der Waals surface area contributed by atoms with Crippen molar-refractivity contribution in [2.75, 3.05) is 32.8 Å². The first-order valence-corrected chi connectivity index (χ1v) is 7.39. The average Bonchev–Trinajstić information content (AvgIpc) is 2.20. The molecule has 17 heavy (non-hydrogen) atoms. The lowest BCUT2D eigenvalue weighted by atomic mass is 9.74. The Balaban J connectivity index is 1.63. The van der Waals surface area contributed by atoms with Crippen molar-refractivity contribution >= 4 is 0 Å². The van der Waals surface area contributed by atoms with E-state index in [1.165, 1.54) is 45.3 Å². The average molecular weight is 239 g/mol. The SMILES string of the molecule is CCOCC1CC(CN2CCCC(C)(C)C2)C1. The molecule has 0 spiro atoms. The number of hydrogen-bond donors (Lipinski definition) is 0. The van der Waals surface area contributed by atoms with E-state index >= 15 is 0 Å². The van der Waals surface area contributed by atoms with Gasteiger partial charge in [-0.3, -0.25) is 0 Å². The van der Waals surface area contributed by atoms with Crippen LogP contribution in [0, 0.1) is 17.3 Å². The van der Waals surface area contributed by atoms with Crippen molar-refractivity contribution < 1.29 is 4.74 Å². The van der Waals surface area contributed by atoms with E-state index in [-0.39, 0.29) is 0 Å². The Bertz CT molecular complexity index is 233. The molecule has 1 aliphatic carbocycles. The molecule has 0 radical (unpaired) electrons. The molecule has 1 aliphatic heterocycles. The van der Waals surface area contributed by atoms with Gasteiger partial charge in [-0.15, -0.1) is 0 Å². The van der Waals surface area contributed by atoms with E-state index in [0.717, 1.165) is 25.0 Å². The third-order valence-corrected chi connectivity index (χ3v) is 4.39. The van der Waals surface area contributed by atoms with Crippen LogP contribution in [-0.4, -0.2) is 37.7 Å². The minimum Gasteiger partial charge on any atom is -0.381 e. The minimum atomic E-state index is 0.548. The normalized spacial score (nSPS) is 33.4. The highest BCUT2D eigenvalue weighted by Crippen LogP contribution is 2.36. The van der Waals surface area contributed by atoms with Crippen molar-refractivity contribution in [3.05, 3.63) is 0 Å². The summed E-state index contributed by atoms with van der Waals surface area (Å²) < 4.78 is 5.50. The van der Waals surface area contributed by atoms with E-state index in [9.17, 15) is 0 Å². The number of rotatable bonds is 5. The van der Waals surface area contributed by atoms with E-state index in [1.807, 2.05) is 0 Å². The van der Waals surface area contributed by atoms with Crippen molar-refractivity contribution in [2.24, 2.45) is 17.3 Å². The quantitative estimate of drug-likeness (QED) is 0.730. The number of piperidine rings is 1. The number of ether oxygens (including phenoxy) is 1. The predicted octanol–water partition coefficient (Wildman–Crippen LogP) is 3.17. The van der Waals surface area contributed by atoms with E-state index in [4.69, 9.17) is 4.74 Å². The second kappa shape index (κ2) is 5.71. The van der Waals surface area contributed by atoms with Crippen LogP contribution in [0.4, 0.5) is 0 Å². The highest BCUT2D eigenvalue weighted by Gasteiger charge is 2.33. The van der Waals surface area contributed by atoms with Gasteiger partial charge in [0.15, 0.2) is 0 Å². The predicted molar refractivity (Wildman–Crippen MR) is 72.2 cm³/mol. The van der Waals surface area contributed by atoms with Crippen LogP contribution >= 0.6 is 0 Å². The summed E-state index contributed by atoms with van der Waals surface area (Å²) in [5.74, 6) is 1.81. The van der Waals surface area contributed by atoms with Crippen LogP contribution in [-0.2, 0) is 4.74 Å². The van der Waals surface area contributed by atoms with Gasteiger partial charge < -0.3 is 9.64 Å². The summed E-state index contributed by atoms with van der Waals surface area (Å²) in [5, 5.41) is 0. The fourth-order valence-corrected chi connectivity index (χ4v) is 3.51. The Hall–Kier alpha value is -0.0800. The Morgan fingerprint density at radius 1 is 1.24 bits per heavy atom. The lowest BCUT2D eigenvalue weighted by Gasteiger charge is -2.43. The van der Waals surface area contributed by atoms with E-state index in [2.05, 4.69) is 25.7 Å². The molecule has 1 saturated carbocycles. The summed E-state index contributed by atoms with van der Waals surface area (Å²) in [5.41, 5.74) is 0.548. The third-order valence-electron chi connectivity index (χ3n) is 4.39. The smallest absolute Gasteiger partial charge is 0.0494 e. The van der Waals surface area contributed by atoms with Crippen LogP contribution in [0.5, 0.6) is 0 Å². The molecule has 2 rings (SSSR count). The Labute approximate surface area is 107 Å². The molecule has 0 aromatic carbocycles. The number of hydrogen-bond acceptors (Lipinski definition) is 2. The number of nitrogens with zero attached hydrogens (tertiary/aromatic N) is 1. The van der Waals surface area contributed by atoms with Gasteiger partial charge in [0.25, 0.3) is 0 Å². The molecule has 0 N–H and O–H groups in total. The first kappa shape index (κ1) is 13.4. The molecule has 1 heterocycles. The fraction of sp³-hybridized carbons (Fsp3) is 1.00. The molecule has 0 amide bonds. The van der Waals surface area contributed by atoms with Gasteiger partial charge in [-0.05, 0) is 56.4 Å². The molecule has 0 unspecified atom stereocenters. The summed E-state index contributed by atoms with van der Waals surface area (Å²) in [7, 11) is 0. The molecular formula is C15H29NO. The van der Waals surface area contributed by atoms with E-state index < -0.39 is 0 Å². The molecule has 0 aromatic heterocycles. The maximum atomic E-state index is 5.50. The zero-order chi connectivity index (χ0) is 12.3. The van der Waals surface area contributed by atoms with Gasteiger partial charge in [-0.25, -0.2) is 0 Å². The van der Waals surface area contributed by atoms with Gasteiger partial charge in [0.1, 0.15) is 0 Å². The Morgan fingerprint density at radius 2 is 2.00 bits per heavy atom. The standard InChI is InChI=1S/C15H29NO/c1-4-17-11-14-8-13(9-14)10-16-7-5-6-15(2,3)12-16/h13-14H,4-12H2,1-3H3. The van der Waals surface area contributed by atoms with Crippen molar-refractivity contribution in [1.82, 2.24) is 4.90 Å². The molecule has 2 fully saturated rings. The fourth-order valence-electron chi connectivity index (χ4n) is 3.51. The van der Waals surface area contributed by atoms with Crippen molar-refractivity contribution in [3.63, 3.8) is 0 Å². The summed E-state index contributed by atoms with van der Waals surface area (Å²) in [6.45, 7) is 12.8. The molecule has 100 valence electrons. The topological polar surface area (TPSA) is 12.5 Å². The first-order chi connectivity index (χ1) is 8.09. The van der Waals surface area contributed by atoms with Gasteiger partial charge >= 0.3 is 0 Å². The molecule has 0 aromatic rings. The van der Waals surface area contributed by atoms with Crippen molar-refractivity contribution in [3.8, 4) is 0 Å². The zero-order valence-electron chi connectivity index (χ0n) is 11.9. The first-order valence-electron chi connectivity index (χ1n) is 7.39. The van der Waals surface area contributed by atoms with Crippen LogP contribution < -0.4 is 0 Å². The third kappa shape index (κ3) is 3.96. The molecule has 2 aliphatic rings. The van der Waals surface area contributed by atoms with Gasteiger partial charge in [0, 0.05) is 26.3 Å². The van der Waals surface area contributed by atoms with Crippen LogP contribution in [0.25, 0.3) is 0 Å². The summed E-state index contributed by atoms with van der Waals surface area (Å²) in [6, 6.07) is 0. The second-order valence-electron chi connectivity index (χ2n) is 6.87. The van der Waals surface area contributed by atoms with Crippen molar-refractivity contribution in [1.29, 1.82) is 0 Å². The van der Waals surface area contributed by atoms with Crippen LogP contribution in [0.1, 0.15) is 46.5 Å². The van der Waals surface area contributed by atoms with Gasteiger partial charge in [-0.1, -0.05) is 13.8 Å². The maximum absolute atomic E-state index is 5.50. The summed E-state index contributed by atoms with van der Waals surface area (Å²) in [6.07, 6.45) is 5.59. The molecule has 1 saturated heterocycles. The highest BCUT2D eigenvalue weighted by molar-refractivity contribution is 4.85. The van der Waals surface area contributed by atoms with Crippen LogP contribution in [0.15, 0.2) is 0 Å². The van der Waals surface area contributed by atoms with E-state index in [1.54, 1.807) is 0 Å². The van der Waals surface area contributed by atoms with Crippen molar-refractivity contribution in [2.45, 2.75) is 46.5 Å². The van der Waals surface area contributed by atoms with Gasteiger partial charge in [0.05, 0.1) is 0 Å². The van der Waals surface area contributed by atoms with Gasteiger partial charge in [0.2, 0.25) is 0 Å². The molecule has 0 atom stereocenters. The summed E-state index contributed by atoms with van der Waals surface area (Å²) in [4.78, 5) is 2.70. The zero-order valence-corrected chi connectivity index (χ0v) is 11.9. The lowest BCUT2D eigenvalue weighted by Crippen LogP contribution is -2.45. The largest absolute Gasteiger partial charge is 0.381 e. The molecule has 2 heteroatoms. The van der Waals surface area contributed by atoms with Crippen LogP contribution in [0.3, 0.4) is 0 Å². The molecular weight excluding hydrogens is 210 g/mol. The lowest BCUT2D eigenvalue weighted by molar-refractivity contribution is 0.0220. The monoisotopic (exact) mass is 239 g/mol. The Kier molecular flexibility index (Phi) is 4.48. The number of likely N-dealkylation sites (tertiary alicyclic amines) is 1. The molecule has 0 bridgehead atoms. The van der Waals surface area contributed by atoms with Crippen LogP contribution in [0.2, 0.25) is 0 Å². The Morgan fingerprint density at radius 3 is 2.65 bits per heavy atom. The highest BCUT2D eigenvalue weighted by atomic mass is 16.5. The molecule has 2 nitrogen and oxygen atoms in total. The summed E-state index contributed by atoms with van der Waals surface area (Å²) >= 11 is 0. The second-order valence-corrected chi connectivity index (χ2v) is 6.87. The maximum Gasteiger partial charge on any atom is 0.0494 e. The minimum absolute atomic E-state index is 0.548.